The zero-order valence-corrected chi connectivity index (χ0v) is 10.9. The van der Waals surface area contributed by atoms with Crippen LogP contribution in [0.1, 0.15) is 10.4 Å². The molecule has 0 aliphatic rings. The molecule has 2 aromatic rings. The zero-order chi connectivity index (χ0) is 11.7. The van der Waals surface area contributed by atoms with Crippen molar-refractivity contribution in [3.05, 3.63) is 21.5 Å². The number of fused-ring (bicyclic) bond motifs is 1. The van der Waals surface area contributed by atoms with Crippen LogP contribution in [-0.4, -0.2) is 30.2 Å². The van der Waals surface area contributed by atoms with Crippen molar-refractivity contribution in [2.45, 2.75) is 0 Å². The van der Waals surface area contributed by atoms with Crippen molar-refractivity contribution in [1.29, 1.82) is 0 Å². The van der Waals surface area contributed by atoms with E-state index in [1.165, 1.54) is 14.2 Å². The molecule has 16 heavy (non-hydrogen) atoms. The summed E-state index contributed by atoms with van der Waals surface area (Å²) < 4.78 is 10.7. The van der Waals surface area contributed by atoms with E-state index in [4.69, 9.17) is 9.47 Å². The summed E-state index contributed by atoms with van der Waals surface area (Å²) in [5.74, 6) is -0.203. The highest BCUT2D eigenvalue weighted by atomic mass is 127. The summed E-state index contributed by atoms with van der Waals surface area (Å²) in [4.78, 5) is 18.8. The fourth-order valence-electron chi connectivity index (χ4n) is 1.49. The second-order valence-corrected chi connectivity index (χ2v) is 4.24. The molecule has 2 rings (SSSR count). The number of aromatic amines is 1. The average Bonchev–Trinajstić information content (AvgIpc) is 2.66. The number of esters is 1. The average molecular weight is 332 g/mol. The van der Waals surface area contributed by atoms with Crippen LogP contribution in [-0.2, 0) is 4.74 Å². The van der Waals surface area contributed by atoms with Gasteiger partial charge in [-0.1, -0.05) is 0 Å². The summed E-state index contributed by atoms with van der Waals surface area (Å²) in [6.45, 7) is 0. The highest BCUT2D eigenvalue weighted by Gasteiger charge is 2.19. The van der Waals surface area contributed by atoms with Gasteiger partial charge in [0.05, 0.1) is 23.4 Å². The quantitative estimate of drug-likeness (QED) is 0.675. The first-order valence-electron chi connectivity index (χ1n) is 4.47. The lowest BCUT2D eigenvalue weighted by Gasteiger charge is -2.06. The Balaban J connectivity index is 2.77. The summed E-state index contributed by atoms with van der Waals surface area (Å²) in [7, 11) is 2.79. The van der Waals surface area contributed by atoms with Crippen molar-refractivity contribution >= 4 is 39.5 Å². The molecule has 1 N–H and O–H groups in total. The molecule has 0 radical (unpaired) electrons. The molecule has 0 aromatic carbocycles. The molecule has 0 amide bonds. The van der Waals surface area contributed by atoms with Crippen molar-refractivity contribution in [3.8, 4) is 5.88 Å². The lowest BCUT2D eigenvalue weighted by molar-refractivity contribution is 0.0598. The first kappa shape index (κ1) is 11.2. The minimum atomic E-state index is -0.465. The zero-order valence-electron chi connectivity index (χ0n) is 8.70. The van der Waals surface area contributed by atoms with Crippen LogP contribution >= 0.6 is 22.6 Å². The van der Waals surface area contributed by atoms with Gasteiger partial charge in [0, 0.05) is 11.6 Å². The minimum Gasteiger partial charge on any atom is -0.480 e. The molecule has 0 saturated carbocycles. The first-order valence-corrected chi connectivity index (χ1v) is 5.54. The fraction of sp³-hybridized carbons (Fsp3) is 0.200. The summed E-state index contributed by atoms with van der Waals surface area (Å²) in [6.07, 6.45) is 1.65. The van der Waals surface area contributed by atoms with Gasteiger partial charge in [0.2, 0.25) is 5.88 Å². The van der Waals surface area contributed by atoms with E-state index in [-0.39, 0.29) is 5.88 Å². The Kier molecular flexibility index (Phi) is 2.99. The van der Waals surface area contributed by atoms with Gasteiger partial charge in [-0.15, -0.1) is 0 Å². The third-order valence-electron chi connectivity index (χ3n) is 2.18. The monoisotopic (exact) mass is 332 g/mol. The highest BCUT2D eigenvalue weighted by Crippen LogP contribution is 2.26. The Hall–Kier alpha value is -1.31. The lowest BCUT2D eigenvalue weighted by atomic mass is 10.2. The van der Waals surface area contributed by atoms with Crippen LogP contribution in [0.3, 0.4) is 0 Å². The summed E-state index contributed by atoms with van der Waals surface area (Å²) >= 11 is 2.13. The highest BCUT2D eigenvalue weighted by molar-refractivity contribution is 14.1. The van der Waals surface area contributed by atoms with E-state index in [2.05, 4.69) is 32.6 Å². The minimum absolute atomic E-state index is 0.262. The second-order valence-electron chi connectivity index (χ2n) is 3.08. The molecule has 5 nitrogen and oxygen atoms in total. The number of carbonyl (C=O) groups is 1. The molecule has 2 heterocycles. The number of methoxy groups -OCH3 is 2. The Morgan fingerprint density at radius 3 is 2.88 bits per heavy atom. The first-order chi connectivity index (χ1) is 7.67. The molecule has 0 spiro atoms. The Labute approximate surface area is 105 Å². The molecule has 0 aliphatic carbocycles. The molecule has 0 fully saturated rings. The van der Waals surface area contributed by atoms with E-state index in [0.29, 0.717) is 11.1 Å². The van der Waals surface area contributed by atoms with Crippen molar-refractivity contribution in [2.24, 2.45) is 0 Å². The van der Waals surface area contributed by atoms with E-state index in [1.54, 1.807) is 6.20 Å². The van der Waals surface area contributed by atoms with Crippen LogP contribution in [0, 0.1) is 3.70 Å². The van der Waals surface area contributed by atoms with Crippen LogP contribution in [0.2, 0.25) is 0 Å². The van der Waals surface area contributed by atoms with Crippen molar-refractivity contribution < 1.29 is 14.3 Å². The van der Waals surface area contributed by atoms with Gasteiger partial charge in [0.1, 0.15) is 5.56 Å². The predicted octanol–water partition coefficient (Wildman–Crippen LogP) is 1.96. The van der Waals surface area contributed by atoms with Gasteiger partial charge >= 0.3 is 5.97 Å². The molecule has 2 aromatic heterocycles. The van der Waals surface area contributed by atoms with Crippen LogP contribution in [0.25, 0.3) is 10.9 Å². The van der Waals surface area contributed by atoms with E-state index >= 15 is 0 Å². The second kappa shape index (κ2) is 4.28. The summed E-state index contributed by atoms with van der Waals surface area (Å²) in [5, 5.41) is 0.852. The molecule has 0 saturated heterocycles. The molecular formula is C10H9IN2O3. The fourth-order valence-corrected chi connectivity index (χ4v) is 2.10. The standard InChI is InChI=1S/C10H9IN2O3/c1-15-9-7(10(14)16-2)8-5(4-12-9)3-6(11)13-8/h3-4,13H,1-2H3. The van der Waals surface area contributed by atoms with Crippen LogP contribution < -0.4 is 4.74 Å². The number of nitrogens with one attached hydrogen (secondary N) is 1. The lowest BCUT2D eigenvalue weighted by Crippen LogP contribution is -2.06. The molecule has 0 aliphatic heterocycles. The number of hydrogen-bond acceptors (Lipinski definition) is 4. The number of H-pyrrole nitrogens is 1. The van der Waals surface area contributed by atoms with Gasteiger partial charge in [-0.3, -0.25) is 0 Å². The Morgan fingerprint density at radius 1 is 1.50 bits per heavy atom. The van der Waals surface area contributed by atoms with Crippen molar-refractivity contribution in [3.63, 3.8) is 0 Å². The molecule has 0 bridgehead atoms. The van der Waals surface area contributed by atoms with E-state index in [9.17, 15) is 4.79 Å². The van der Waals surface area contributed by atoms with Crippen LogP contribution in [0.5, 0.6) is 5.88 Å². The number of pyridine rings is 1. The van der Waals surface area contributed by atoms with E-state index < -0.39 is 5.97 Å². The number of hydrogen-bond donors (Lipinski definition) is 1. The van der Waals surface area contributed by atoms with Crippen molar-refractivity contribution in [2.75, 3.05) is 14.2 Å². The molecule has 0 atom stereocenters. The van der Waals surface area contributed by atoms with Gasteiger partial charge in [0.25, 0.3) is 0 Å². The van der Waals surface area contributed by atoms with Gasteiger partial charge < -0.3 is 14.5 Å². The maximum atomic E-state index is 11.7. The van der Waals surface area contributed by atoms with Crippen LogP contribution in [0.4, 0.5) is 0 Å². The SMILES string of the molecule is COC(=O)c1c(OC)ncc2cc(I)[nH]c12. The van der Waals surface area contributed by atoms with E-state index in [1.807, 2.05) is 6.07 Å². The topological polar surface area (TPSA) is 64.2 Å². The number of ether oxygens (including phenoxy) is 2. The molecule has 0 unspecified atom stereocenters. The third-order valence-corrected chi connectivity index (χ3v) is 2.76. The van der Waals surface area contributed by atoms with Gasteiger partial charge in [-0.2, -0.15) is 0 Å². The van der Waals surface area contributed by atoms with Crippen LogP contribution in [0.15, 0.2) is 12.3 Å². The molecule has 6 heteroatoms. The van der Waals surface area contributed by atoms with Gasteiger partial charge in [0.15, 0.2) is 0 Å². The maximum Gasteiger partial charge on any atom is 0.345 e. The number of rotatable bonds is 2. The largest absolute Gasteiger partial charge is 0.480 e. The Bertz CT molecular complexity index is 550. The number of nitrogens with zero attached hydrogens (tertiary/aromatic N) is 1. The normalized spacial score (nSPS) is 10.4. The smallest absolute Gasteiger partial charge is 0.345 e. The molecular weight excluding hydrogens is 323 g/mol. The third kappa shape index (κ3) is 1.73. The Morgan fingerprint density at radius 2 is 2.25 bits per heavy atom. The predicted molar refractivity (Wildman–Crippen MR) is 66.7 cm³/mol. The summed E-state index contributed by atoms with van der Waals surface area (Å²) in [6, 6.07) is 1.90. The maximum absolute atomic E-state index is 11.7. The molecule has 84 valence electrons. The number of halogens is 1. The van der Waals surface area contributed by atoms with Gasteiger partial charge in [-0.05, 0) is 28.7 Å². The number of carbonyl (C=O) groups excluding carboxylic acids is 1. The summed E-state index contributed by atoms with van der Waals surface area (Å²) in [5.41, 5.74) is 1.01. The van der Waals surface area contributed by atoms with Gasteiger partial charge in [-0.25, -0.2) is 9.78 Å². The van der Waals surface area contributed by atoms with Crippen molar-refractivity contribution in [1.82, 2.24) is 9.97 Å². The number of aromatic nitrogens is 2. The van der Waals surface area contributed by atoms with E-state index in [0.717, 1.165) is 9.09 Å².